The first-order chi connectivity index (χ1) is 10.6. The molecular formula is C17H30N2O4. The number of carboxylic acid groups (broad SMARTS) is 1. The van der Waals surface area contributed by atoms with Crippen molar-refractivity contribution >= 4 is 12.0 Å². The first-order valence-electron chi connectivity index (χ1n) is 8.51. The van der Waals surface area contributed by atoms with Crippen molar-refractivity contribution in [3.05, 3.63) is 0 Å². The normalized spacial score (nSPS) is 31.9. The maximum absolute atomic E-state index is 12.3. The van der Waals surface area contributed by atoms with E-state index in [4.69, 9.17) is 4.74 Å². The van der Waals surface area contributed by atoms with Crippen molar-refractivity contribution in [2.24, 2.45) is 16.7 Å². The molecule has 2 N–H and O–H groups in total. The van der Waals surface area contributed by atoms with E-state index < -0.39 is 11.4 Å². The molecule has 6 heteroatoms. The van der Waals surface area contributed by atoms with Crippen LogP contribution in [0.4, 0.5) is 4.79 Å². The molecule has 0 saturated carbocycles. The van der Waals surface area contributed by atoms with Gasteiger partial charge in [0.25, 0.3) is 0 Å². The van der Waals surface area contributed by atoms with Gasteiger partial charge in [0.2, 0.25) is 0 Å². The summed E-state index contributed by atoms with van der Waals surface area (Å²) >= 11 is 0. The lowest BCUT2D eigenvalue weighted by Gasteiger charge is -2.40. The van der Waals surface area contributed by atoms with Crippen molar-refractivity contribution in [1.29, 1.82) is 0 Å². The zero-order valence-corrected chi connectivity index (χ0v) is 14.7. The Kier molecular flexibility index (Phi) is 5.23. The zero-order chi connectivity index (χ0) is 17.3. The Bertz CT molecular complexity index is 460. The van der Waals surface area contributed by atoms with Crippen molar-refractivity contribution in [3.8, 4) is 0 Å². The molecule has 0 aromatic rings. The van der Waals surface area contributed by atoms with E-state index in [2.05, 4.69) is 26.1 Å². The standard InChI is InChI=1S/C17H30N2O4/c1-16(2,3)13-12(6-5-9-23-13)10-18-15(22)19-8-7-17(4,11-19)14(20)21/h12-13H,5-11H2,1-4H3,(H,18,22)(H,20,21). The fourth-order valence-electron chi connectivity index (χ4n) is 3.65. The molecule has 0 radical (unpaired) electrons. The zero-order valence-electron chi connectivity index (χ0n) is 14.7. The van der Waals surface area contributed by atoms with E-state index in [9.17, 15) is 14.7 Å². The second-order valence-corrected chi connectivity index (χ2v) is 8.28. The molecule has 2 fully saturated rings. The van der Waals surface area contributed by atoms with E-state index >= 15 is 0 Å². The van der Waals surface area contributed by atoms with E-state index in [-0.39, 0.29) is 24.1 Å². The minimum atomic E-state index is -0.832. The fourth-order valence-corrected chi connectivity index (χ4v) is 3.65. The van der Waals surface area contributed by atoms with Crippen LogP contribution in [0.25, 0.3) is 0 Å². The minimum absolute atomic E-state index is 0.0470. The number of hydrogen-bond acceptors (Lipinski definition) is 3. The minimum Gasteiger partial charge on any atom is -0.481 e. The van der Waals surface area contributed by atoms with Gasteiger partial charge in [-0.25, -0.2) is 4.79 Å². The lowest BCUT2D eigenvalue weighted by atomic mass is 9.78. The molecule has 0 aliphatic carbocycles. The Morgan fingerprint density at radius 3 is 2.65 bits per heavy atom. The molecule has 2 saturated heterocycles. The molecule has 2 heterocycles. The number of carboxylic acids is 1. The summed E-state index contributed by atoms with van der Waals surface area (Å²) in [7, 11) is 0. The van der Waals surface area contributed by atoms with Gasteiger partial charge in [0.15, 0.2) is 0 Å². The second kappa shape index (κ2) is 6.67. The molecule has 0 aromatic carbocycles. The number of hydrogen-bond donors (Lipinski definition) is 2. The topological polar surface area (TPSA) is 78.9 Å². The van der Waals surface area contributed by atoms with Gasteiger partial charge in [0, 0.05) is 32.2 Å². The number of nitrogens with zero attached hydrogens (tertiary/aromatic N) is 1. The van der Waals surface area contributed by atoms with Gasteiger partial charge < -0.3 is 20.1 Å². The van der Waals surface area contributed by atoms with Gasteiger partial charge in [0.05, 0.1) is 11.5 Å². The summed E-state index contributed by atoms with van der Waals surface area (Å²) in [5.74, 6) is -0.526. The van der Waals surface area contributed by atoms with Crippen LogP contribution in [0.2, 0.25) is 0 Å². The van der Waals surface area contributed by atoms with Crippen molar-refractivity contribution in [3.63, 3.8) is 0 Å². The third-order valence-electron chi connectivity index (χ3n) is 5.09. The van der Waals surface area contributed by atoms with Crippen LogP contribution in [-0.4, -0.2) is 54.4 Å². The summed E-state index contributed by atoms with van der Waals surface area (Å²) in [5.41, 5.74) is -0.773. The van der Waals surface area contributed by atoms with Crippen LogP contribution >= 0.6 is 0 Å². The molecule has 6 nitrogen and oxygen atoms in total. The quantitative estimate of drug-likeness (QED) is 0.834. The number of nitrogens with one attached hydrogen (secondary N) is 1. The Morgan fingerprint density at radius 2 is 2.09 bits per heavy atom. The van der Waals surface area contributed by atoms with Crippen LogP contribution in [0.5, 0.6) is 0 Å². The number of amides is 2. The van der Waals surface area contributed by atoms with Gasteiger partial charge in [0.1, 0.15) is 0 Å². The lowest BCUT2D eigenvalue weighted by Crippen LogP contribution is -2.48. The van der Waals surface area contributed by atoms with Crippen molar-refractivity contribution in [2.75, 3.05) is 26.2 Å². The Labute approximate surface area is 138 Å². The predicted octanol–water partition coefficient (Wildman–Crippen LogP) is 2.33. The van der Waals surface area contributed by atoms with Crippen LogP contribution in [0.1, 0.15) is 47.0 Å². The molecule has 2 aliphatic heterocycles. The van der Waals surface area contributed by atoms with Gasteiger partial charge in [-0.05, 0) is 31.6 Å². The fraction of sp³-hybridized carbons (Fsp3) is 0.882. The Balaban J connectivity index is 1.88. The van der Waals surface area contributed by atoms with E-state index in [1.807, 2.05) is 0 Å². The molecule has 3 atom stereocenters. The summed E-state index contributed by atoms with van der Waals surface area (Å²) < 4.78 is 5.93. The predicted molar refractivity (Wildman–Crippen MR) is 87.3 cm³/mol. The molecule has 2 amide bonds. The molecule has 132 valence electrons. The molecule has 0 bridgehead atoms. The number of aliphatic carboxylic acids is 1. The first-order valence-corrected chi connectivity index (χ1v) is 8.51. The highest BCUT2D eigenvalue weighted by Gasteiger charge is 2.42. The molecule has 0 spiro atoms. The number of urea groups is 1. The SMILES string of the molecule is CC1(C(=O)O)CCN(C(=O)NCC2CCCOC2C(C)(C)C)C1. The van der Waals surface area contributed by atoms with E-state index in [1.54, 1.807) is 11.8 Å². The molecule has 3 unspecified atom stereocenters. The lowest BCUT2D eigenvalue weighted by molar-refractivity contribution is -0.147. The van der Waals surface area contributed by atoms with E-state index in [0.717, 1.165) is 19.4 Å². The van der Waals surface area contributed by atoms with E-state index in [1.165, 1.54) is 0 Å². The van der Waals surface area contributed by atoms with Crippen LogP contribution in [-0.2, 0) is 9.53 Å². The van der Waals surface area contributed by atoms with Gasteiger partial charge in [-0.2, -0.15) is 0 Å². The molecular weight excluding hydrogens is 296 g/mol. The van der Waals surface area contributed by atoms with Crippen LogP contribution in [0.15, 0.2) is 0 Å². The molecule has 2 rings (SSSR count). The Morgan fingerprint density at radius 1 is 1.39 bits per heavy atom. The third kappa shape index (κ3) is 4.16. The maximum Gasteiger partial charge on any atom is 0.317 e. The second-order valence-electron chi connectivity index (χ2n) is 8.28. The monoisotopic (exact) mass is 326 g/mol. The Hall–Kier alpha value is -1.30. The molecule has 2 aliphatic rings. The first kappa shape index (κ1) is 18.0. The number of carbonyl (C=O) groups excluding carboxylic acids is 1. The average Bonchev–Trinajstić information content (AvgIpc) is 2.88. The van der Waals surface area contributed by atoms with Gasteiger partial charge in [-0.3, -0.25) is 4.79 Å². The number of likely N-dealkylation sites (tertiary alicyclic amines) is 1. The number of rotatable bonds is 3. The van der Waals surface area contributed by atoms with Gasteiger partial charge in [-0.15, -0.1) is 0 Å². The third-order valence-corrected chi connectivity index (χ3v) is 5.09. The van der Waals surface area contributed by atoms with Crippen LogP contribution in [0.3, 0.4) is 0 Å². The molecule has 23 heavy (non-hydrogen) atoms. The van der Waals surface area contributed by atoms with Crippen molar-refractivity contribution < 1.29 is 19.4 Å². The van der Waals surface area contributed by atoms with Crippen molar-refractivity contribution in [1.82, 2.24) is 10.2 Å². The largest absolute Gasteiger partial charge is 0.481 e. The van der Waals surface area contributed by atoms with E-state index in [0.29, 0.717) is 25.4 Å². The highest BCUT2D eigenvalue weighted by molar-refractivity contribution is 5.79. The smallest absolute Gasteiger partial charge is 0.317 e. The maximum atomic E-state index is 12.3. The highest BCUT2D eigenvalue weighted by Crippen LogP contribution is 2.34. The average molecular weight is 326 g/mol. The summed E-state index contributed by atoms with van der Waals surface area (Å²) in [6.07, 6.45) is 2.72. The molecule has 0 aromatic heterocycles. The summed E-state index contributed by atoms with van der Waals surface area (Å²) in [5, 5.41) is 12.2. The highest BCUT2D eigenvalue weighted by atomic mass is 16.5. The van der Waals surface area contributed by atoms with Gasteiger partial charge >= 0.3 is 12.0 Å². The number of ether oxygens (including phenoxy) is 1. The number of carbonyl (C=O) groups is 2. The van der Waals surface area contributed by atoms with Crippen molar-refractivity contribution in [2.45, 2.75) is 53.1 Å². The van der Waals surface area contributed by atoms with Crippen LogP contribution in [0, 0.1) is 16.7 Å². The van der Waals surface area contributed by atoms with Gasteiger partial charge in [-0.1, -0.05) is 20.8 Å². The summed E-state index contributed by atoms with van der Waals surface area (Å²) in [6, 6.07) is -0.159. The summed E-state index contributed by atoms with van der Waals surface area (Å²) in [6.45, 7) is 10.3. The van der Waals surface area contributed by atoms with Crippen LogP contribution < -0.4 is 5.32 Å². The summed E-state index contributed by atoms with van der Waals surface area (Å²) in [4.78, 5) is 25.2.